The SMILES string of the molecule is COc1cccc(CN(C)C(=O)C[NH+](C)CC(=O)Nc2c(C)cc(C)cc2C)c1OC. The first-order valence-electron chi connectivity index (χ1n) is 10.3. The normalized spacial score (nSPS) is 11.6. The molecular formula is C24H34N3O4+. The highest BCUT2D eigenvalue weighted by Crippen LogP contribution is 2.31. The smallest absolute Gasteiger partial charge is 0.279 e. The summed E-state index contributed by atoms with van der Waals surface area (Å²) in [5.74, 6) is 1.07. The van der Waals surface area contributed by atoms with Crippen LogP contribution in [0.25, 0.3) is 0 Å². The van der Waals surface area contributed by atoms with Gasteiger partial charge in [-0.25, -0.2) is 0 Å². The molecule has 0 bridgehead atoms. The summed E-state index contributed by atoms with van der Waals surface area (Å²) in [7, 11) is 6.75. The third-order valence-corrected chi connectivity index (χ3v) is 5.17. The van der Waals surface area contributed by atoms with Gasteiger partial charge in [0.2, 0.25) is 0 Å². The minimum absolute atomic E-state index is 0.0575. The molecule has 0 aromatic heterocycles. The van der Waals surface area contributed by atoms with Crippen LogP contribution in [0.2, 0.25) is 0 Å². The van der Waals surface area contributed by atoms with E-state index < -0.39 is 0 Å². The molecule has 1 unspecified atom stereocenters. The van der Waals surface area contributed by atoms with Crippen LogP contribution >= 0.6 is 0 Å². The number of aryl methyl sites for hydroxylation is 3. The molecule has 7 heteroatoms. The van der Waals surface area contributed by atoms with Crippen molar-refractivity contribution < 1.29 is 24.0 Å². The predicted molar refractivity (Wildman–Crippen MR) is 122 cm³/mol. The van der Waals surface area contributed by atoms with Gasteiger partial charge in [0.1, 0.15) is 0 Å². The van der Waals surface area contributed by atoms with Crippen molar-refractivity contribution in [2.24, 2.45) is 0 Å². The number of amides is 2. The zero-order chi connectivity index (χ0) is 23.1. The van der Waals surface area contributed by atoms with E-state index >= 15 is 0 Å². The van der Waals surface area contributed by atoms with Crippen LogP contribution in [0.1, 0.15) is 22.3 Å². The van der Waals surface area contributed by atoms with E-state index in [0.717, 1.165) is 32.8 Å². The maximum absolute atomic E-state index is 12.7. The Morgan fingerprint density at radius 2 is 1.68 bits per heavy atom. The van der Waals surface area contributed by atoms with Gasteiger partial charge in [-0.15, -0.1) is 0 Å². The van der Waals surface area contributed by atoms with Crippen molar-refractivity contribution in [3.05, 3.63) is 52.6 Å². The molecule has 2 amide bonds. The molecule has 1 atom stereocenters. The van der Waals surface area contributed by atoms with Crippen molar-refractivity contribution in [3.63, 3.8) is 0 Å². The van der Waals surface area contributed by atoms with E-state index in [2.05, 4.69) is 5.32 Å². The summed E-state index contributed by atoms with van der Waals surface area (Å²) in [5.41, 5.74) is 4.94. The number of anilines is 1. The number of carbonyl (C=O) groups excluding carboxylic acids is 2. The zero-order valence-electron chi connectivity index (χ0n) is 19.6. The summed E-state index contributed by atoms with van der Waals surface area (Å²) in [5, 5.41) is 2.99. The average molecular weight is 429 g/mol. The van der Waals surface area contributed by atoms with Gasteiger partial charge in [-0.05, 0) is 38.0 Å². The Balaban J connectivity index is 1.94. The van der Waals surface area contributed by atoms with Crippen LogP contribution in [0.5, 0.6) is 11.5 Å². The van der Waals surface area contributed by atoms with Crippen LogP contribution in [0, 0.1) is 20.8 Å². The molecule has 7 nitrogen and oxygen atoms in total. The highest BCUT2D eigenvalue weighted by atomic mass is 16.5. The van der Waals surface area contributed by atoms with Crippen molar-refractivity contribution in [3.8, 4) is 11.5 Å². The molecule has 0 aliphatic rings. The number of nitrogens with one attached hydrogen (secondary N) is 2. The molecule has 31 heavy (non-hydrogen) atoms. The minimum atomic E-state index is -0.113. The van der Waals surface area contributed by atoms with Gasteiger partial charge in [0.15, 0.2) is 24.6 Å². The molecular weight excluding hydrogens is 394 g/mol. The summed E-state index contributed by atoms with van der Waals surface area (Å²) in [6.07, 6.45) is 0. The molecule has 0 saturated carbocycles. The number of ether oxygens (including phenoxy) is 2. The number of methoxy groups -OCH3 is 2. The molecule has 2 aromatic rings. The minimum Gasteiger partial charge on any atom is -0.493 e. The molecule has 0 saturated heterocycles. The van der Waals surface area contributed by atoms with Crippen molar-refractivity contribution >= 4 is 17.5 Å². The van der Waals surface area contributed by atoms with Gasteiger partial charge in [0, 0.05) is 24.8 Å². The highest BCUT2D eigenvalue weighted by molar-refractivity contribution is 5.93. The number of hydrogen-bond donors (Lipinski definition) is 2. The first-order chi connectivity index (χ1) is 14.7. The van der Waals surface area contributed by atoms with E-state index in [1.807, 2.05) is 58.2 Å². The predicted octanol–water partition coefficient (Wildman–Crippen LogP) is 1.74. The summed E-state index contributed by atoms with van der Waals surface area (Å²) < 4.78 is 10.8. The van der Waals surface area contributed by atoms with Gasteiger partial charge >= 0.3 is 0 Å². The van der Waals surface area contributed by atoms with Crippen molar-refractivity contribution in [2.45, 2.75) is 27.3 Å². The average Bonchev–Trinajstić information content (AvgIpc) is 2.70. The molecule has 2 N–H and O–H groups in total. The first kappa shape index (κ1) is 24.2. The third-order valence-electron chi connectivity index (χ3n) is 5.17. The fourth-order valence-corrected chi connectivity index (χ4v) is 3.71. The molecule has 0 spiro atoms. The highest BCUT2D eigenvalue weighted by Gasteiger charge is 2.20. The number of benzene rings is 2. The molecule has 0 heterocycles. The molecule has 0 aliphatic carbocycles. The number of carbonyl (C=O) groups is 2. The Bertz CT molecular complexity index is 919. The van der Waals surface area contributed by atoms with E-state index in [1.54, 1.807) is 26.2 Å². The second kappa shape index (κ2) is 10.8. The lowest BCUT2D eigenvalue weighted by atomic mass is 10.1. The Kier molecular flexibility index (Phi) is 8.45. The quantitative estimate of drug-likeness (QED) is 0.638. The summed E-state index contributed by atoms with van der Waals surface area (Å²) in [6, 6.07) is 9.68. The fraction of sp³-hybridized carbons (Fsp3) is 0.417. The molecule has 2 aromatic carbocycles. The Labute approximate surface area is 184 Å². The molecule has 0 fully saturated rings. The number of hydrogen-bond acceptors (Lipinski definition) is 4. The number of rotatable bonds is 9. The van der Waals surface area contributed by atoms with E-state index in [4.69, 9.17) is 9.47 Å². The van der Waals surface area contributed by atoms with Crippen LogP contribution in [0.15, 0.2) is 30.3 Å². The zero-order valence-corrected chi connectivity index (χ0v) is 19.6. The Morgan fingerprint density at radius 1 is 1.03 bits per heavy atom. The lowest BCUT2D eigenvalue weighted by Crippen LogP contribution is -3.11. The molecule has 0 aliphatic heterocycles. The molecule has 2 rings (SSSR count). The van der Waals surface area contributed by atoms with Crippen LogP contribution in [-0.4, -0.2) is 58.1 Å². The van der Waals surface area contributed by atoms with E-state index in [9.17, 15) is 9.59 Å². The largest absolute Gasteiger partial charge is 0.493 e. The maximum Gasteiger partial charge on any atom is 0.279 e. The summed E-state index contributed by atoms with van der Waals surface area (Å²) in [6.45, 7) is 6.80. The van der Waals surface area contributed by atoms with Gasteiger partial charge in [-0.2, -0.15) is 0 Å². The van der Waals surface area contributed by atoms with E-state index in [0.29, 0.717) is 18.0 Å². The summed E-state index contributed by atoms with van der Waals surface area (Å²) in [4.78, 5) is 27.7. The standard InChI is InChI=1S/C24H33N3O4/c1-16-11-17(2)23(18(3)12-16)25-21(28)14-26(4)15-22(29)27(5)13-19-9-8-10-20(30-6)24(19)31-7/h8-12H,13-15H2,1-7H3,(H,25,28)/p+1. The lowest BCUT2D eigenvalue weighted by Gasteiger charge is -2.22. The van der Waals surface area contributed by atoms with Gasteiger partial charge in [0.05, 0.1) is 21.3 Å². The second-order valence-electron chi connectivity index (χ2n) is 8.03. The third kappa shape index (κ3) is 6.46. The summed E-state index contributed by atoms with van der Waals surface area (Å²) >= 11 is 0. The van der Waals surface area contributed by atoms with Crippen molar-refractivity contribution in [1.29, 1.82) is 0 Å². The first-order valence-corrected chi connectivity index (χ1v) is 10.3. The second-order valence-corrected chi connectivity index (χ2v) is 8.03. The van der Waals surface area contributed by atoms with Gasteiger partial charge in [-0.3, -0.25) is 9.59 Å². The number of likely N-dealkylation sites (N-methyl/N-ethyl adjacent to an activating group) is 2. The Morgan fingerprint density at radius 3 is 2.26 bits per heavy atom. The van der Waals surface area contributed by atoms with E-state index in [-0.39, 0.29) is 24.9 Å². The van der Waals surface area contributed by atoms with Crippen molar-refractivity contribution in [2.75, 3.05) is 46.7 Å². The molecule has 168 valence electrons. The Hall–Kier alpha value is -3.06. The number of para-hydroxylation sites is 1. The van der Waals surface area contributed by atoms with Gasteiger partial charge < -0.3 is 24.6 Å². The molecule has 0 radical (unpaired) electrons. The van der Waals surface area contributed by atoms with Gasteiger partial charge in [-0.1, -0.05) is 29.8 Å². The van der Waals surface area contributed by atoms with Crippen LogP contribution in [0.3, 0.4) is 0 Å². The number of quaternary nitrogens is 1. The van der Waals surface area contributed by atoms with Gasteiger partial charge in [0.25, 0.3) is 11.8 Å². The van der Waals surface area contributed by atoms with Crippen LogP contribution < -0.4 is 19.7 Å². The van der Waals surface area contributed by atoms with E-state index in [1.165, 1.54) is 0 Å². The van der Waals surface area contributed by atoms with Crippen molar-refractivity contribution in [1.82, 2.24) is 4.90 Å². The topological polar surface area (TPSA) is 72.3 Å². The fourth-order valence-electron chi connectivity index (χ4n) is 3.71. The van der Waals surface area contributed by atoms with Crippen LogP contribution in [0.4, 0.5) is 5.69 Å². The van der Waals surface area contributed by atoms with Crippen LogP contribution in [-0.2, 0) is 16.1 Å². The lowest BCUT2D eigenvalue weighted by molar-refractivity contribution is -0.862. The maximum atomic E-state index is 12.7. The monoisotopic (exact) mass is 428 g/mol. The number of nitrogens with zero attached hydrogens (tertiary/aromatic N) is 1.